The Morgan fingerprint density at radius 2 is 2.00 bits per heavy atom. The molecule has 2 N–H and O–H groups in total. The maximum atomic E-state index is 13.6. The largest absolute Gasteiger partial charge is 0.419 e. The average molecular weight is 407 g/mol. The van der Waals surface area contributed by atoms with E-state index in [9.17, 15) is 13.2 Å². The molecular weight excluding hydrogens is 379 g/mol. The van der Waals surface area contributed by atoms with Gasteiger partial charge in [0.1, 0.15) is 5.65 Å². The van der Waals surface area contributed by atoms with Crippen LogP contribution < -0.4 is 5.32 Å². The summed E-state index contributed by atoms with van der Waals surface area (Å²) < 4.78 is 40.9. The second-order valence-electron chi connectivity index (χ2n) is 8.06. The molecule has 0 unspecified atom stereocenters. The zero-order valence-corrected chi connectivity index (χ0v) is 16.8. The number of rotatable bonds is 6. The number of nitrogens with one attached hydrogen (secondary N) is 2. The molecular formula is C21H28F3N5. The fraction of sp³-hybridized carbons (Fsp3) is 0.571. The first-order valence-corrected chi connectivity index (χ1v) is 10.3. The second-order valence-corrected chi connectivity index (χ2v) is 8.06. The normalized spacial score (nSPS) is 19.1. The third-order valence-corrected chi connectivity index (χ3v) is 5.87. The molecule has 5 nitrogen and oxygen atoms in total. The predicted octanol–water partition coefficient (Wildman–Crippen LogP) is 4.20. The van der Waals surface area contributed by atoms with E-state index in [1.54, 1.807) is 0 Å². The van der Waals surface area contributed by atoms with Gasteiger partial charge in [0.05, 0.1) is 11.3 Å². The van der Waals surface area contributed by atoms with Crippen LogP contribution in [-0.2, 0) is 6.18 Å². The lowest BCUT2D eigenvalue weighted by atomic mass is 10.0. The Balaban J connectivity index is 1.58. The molecule has 0 aliphatic carbocycles. The quantitative estimate of drug-likeness (QED) is 0.705. The Labute approximate surface area is 169 Å². The molecule has 0 spiro atoms. The van der Waals surface area contributed by atoms with Gasteiger partial charge in [-0.2, -0.15) is 13.2 Å². The molecule has 0 saturated carbocycles. The van der Waals surface area contributed by atoms with Crippen LogP contribution in [0.15, 0.2) is 18.3 Å². The van der Waals surface area contributed by atoms with Crippen molar-refractivity contribution in [1.82, 2.24) is 19.8 Å². The first-order valence-electron chi connectivity index (χ1n) is 10.3. The molecule has 4 rings (SSSR count). The molecule has 8 heteroatoms. The van der Waals surface area contributed by atoms with Crippen molar-refractivity contribution in [3.63, 3.8) is 0 Å². The summed E-state index contributed by atoms with van der Waals surface area (Å²) in [6.45, 7) is 5.39. The van der Waals surface area contributed by atoms with E-state index in [2.05, 4.69) is 38.2 Å². The van der Waals surface area contributed by atoms with Crippen LogP contribution in [0.4, 0.5) is 18.9 Å². The van der Waals surface area contributed by atoms with E-state index in [0.29, 0.717) is 17.6 Å². The van der Waals surface area contributed by atoms with Gasteiger partial charge in [0.15, 0.2) is 0 Å². The number of alkyl halides is 3. The molecule has 1 fully saturated rings. The molecule has 2 aromatic rings. The zero-order chi connectivity index (χ0) is 20.4. The van der Waals surface area contributed by atoms with Gasteiger partial charge >= 0.3 is 6.18 Å². The Morgan fingerprint density at radius 1 is 1.21 bits per heavy atom. The number of anilines is 1. The van der Waals surface area contributed by atoms with Crippen molar-refractivity contribution >= 4 is 22.3 Å². The summed E-state index contributed by atoms with van der Waals surface area (Å²) in [5.74, 6) is 0. The highest BCUT2D eigenvalue weighted by atomic mass is 19.4. The van der Waals surface area contributed by atoms with Gasteiger partial charge in [-0.05, 0) is 64.0 Å². The van der Waals surface area contributed by atoms with Crippen molar-refractivity contribution in [2.45, 2.75) is 31.9 Å². The molecule has 2 aliphatic heterocycles. The Kier molecular flexibility index (Phi) is 5.83. The number of pyridine rings is 1. The average Bonchev–Trinajstić information content (AvgIpc) is 3.34. The van der Waals surface area contributed by atoms with E-state index in [0.717, 1.165) is 63.0 Å². The second kappa shape index (κ2) is 8.36. The lowest BCUT2D eigenvalue weighted by Crippen LogP contribution is -2.23. The third kappa shape index (κ3) is 4.59. The molecule has 158 valence electrons. The number of likely N-dealkylation sites (tertiary alicyclic amines) is 1. The summed E-state index contributed by atoms with van der Waals surface area (Å²) >= 11 is 0. The summed E-state index contributed by atoms with van der Waals surface area (Å²) in [7, 11) is 2.06. The van der Waals surface area contributed by atoms with Gasteiger partial charge in [-0.1, -0.05) is 6.08 Å². The van der Waals surface area contributed by atoms with E-state index in [4.69, 9.17) is 0 Å². The van der Waals surface area contributed by atoms with Crippen LogP contribution in [0, 0.1) is 0 Å². The summed E-state index contributed by atoms with van der Waals surface area (Å²) in [4.78, 5) is 11.9. The number of H-pyrrole nitrogens is 1. The molecule has 0 amide bonds. The molecule has 29 heavy (non-hydrogen) atoms. The number of likely N-dealkylation sites (N-methyl/N-ethyl adjacent to an activating group) is 1. The predicted molar refractivity (Wildman–Crippen MR) is 110 cm³/mol. The fourth-order valence-electron chi connectivity index (χ4n) is 4.19. The minimum absolute atomic E-state index is 0.139. The lowest BCUT2D eigenvalue weighted by Gasteiger charge is -2.21. The lowest BCUT2D eigenvalue weighted by molar-refractivity contribution is -0.137. The molecule has 4 heterocycles. The summed E-state index contributed by atoms with van der Waals surface area (Å²) in [5.41, 5.74) is 1.93. The Morgan fingerprint density at radius 3 is 2.69 bits per heavy atom. The van der Waals surface area contributed by atoms with E-state index in [-0.39, 0.29) is 5.69 Å². The van der Waals surface area contributed by atoms with Gasteiger partial charge in [-0.25, -0.2) is 4.98 Å². The van der Waals surface area contributed by atoms with Crippen LogP contribution >= 0.6 is 0 Å². The SMILES string of the molecule is CN1CC=C(c2cc3c(NCCCN4CCCC4)c(C(F)(F)F)cnc3[nH]2)CC1. The summed E-state index contributed by atoms with van der Waals surface area (Å²) in [6.07, 6.45) is 2.74. The Hall–Kier alpha value is -2.06. The van der Waals surface area contributed by atoms with E-state index in [1.807, 2.05) is 6.07 Å². The highest BCUT2D eigenvalue weighted by Crippen LogP contribution is 2.39. The molecule has 1 saturated heterocycles. The zero-order valence-electron chi connectivity index (χ0n) is 16.8. The highest BCUT2D eigenvalue weighted by Gasteiger charge is 2.35. The minimum atomic E-state index is -4.44. The van der Waals surface area contributed by atoms with E-state index in [1.165, 1.54) is 12.8 Å². The van der Waals surface area contributed by atoms with Gasteiger partial charge in [-0.15, -0.1) is 0 Å². The van der Waals surface area contributed by atoms with Crippen molar-refractivity contribution in [3.8, 4) is 0 Å². The molecule has 0 bridgehead atoms. The third-order valence-electron chi connectivity index (χ3n) is 5.87. The standard InChI is InChI=1S/C21H28F3N5/c1-28-11-5-15(6-12-28)18-13-16-19(25-7-4-10-29-8-2-3-9-29)17(21(22,23)24)14-26-20(16)27-18/h5,13-14H,2-4,6-12H2,1H3,(H2,25,26,27). The van der Waals surface area contributed by atoms with Crippen molar-refractivity contribution in [2.24, 2.45) is 0 Å². The fourth-order valence-corrected chi connectivity index (χ4v) is 4.19. The highest BCUT2D eigenvalue weighted by molar-refractivity contribution is 5.94. The minimum Gasteiger partial charge on any atom is -0.384 e. The van der Waals surface area contributed by atoms with Gasteiger partial charge in [0.25, 0.3) is 0 Å². The number of aromatic amines is 1. The van der Waals surface area contributed by atoms with Crippen molar-refractivity contribution in [2.75, 3.05) is 51.6 Å². The smallest absolute Gasteiger partial charge is 0.384 e. The van der Waals surface area contributed by atoms with Gasteiger partial charge in [-0.3, -0.25) is 0 Å². The van der Waals surface area contributed by atoms with E-state index >= 15 is 0 Å². The summed E-state index contributed by atoms with van der Waals surface area (Å²) in [5, 5.41) is 3.59. The number of halogens is 3. The maximum absolute atomic E-state index is 13.6. The summed E-state index contributed by atoms with van der Waals surface area (Å²) in [6, 6.07) is 1.82. The number of hydrogen-bond donors (Lipinski definition) is 2. The monoisotopic (exact) mass is 407 g/mol. The van der Waals surface area contributed by atoms with Crippen LogP contribution in [0.5, 0.6) is 0 Å². The van der Waals surface area contributed by atoms with Crippen LogP contribution in [0.3, 0.4) is 0 Å². The first kappa shape index (κ1) is 20.2. The topological polar surface area (TPSA) is 47.2 Å². The molecule has 0 atom stereocenters. The van der Waals surface area contributed by atoms with Crippen molar-refractivity contribution < 1.29 is 13.2 Å². The van der Waals surface area contributed by atoms with Crippen LogP contribution in [0.1, 0.15) is 36.9 Å². The number of fused-ring (bicyclic) bond motifs is 1. The first-order chi connectivity index (χ1) is 13.9. The molecule has 0 radical (unpaired) electrons. The van der Waals surface area contributed by atoms with Gasteiger partial charge in [0.2, 0.25) is 0 Å². The van der Waals surface area contributed by atoms with Crippen LogP contribution in [0.2, 0.25) is 0 Å². The molecule has 2 aromatic heterocycles. The number of aromatic nitrogens is 2. The van der Waals surface area contributed by atoms with Crippen LogP contribution in [0.25, 0.3) is 16.6 Å². The molecule has 0 aromatic carbocycles. The van der Waals surface area contributed by atoms with Gasteiger partial charge < -0.3 is 20.1 Å². The van der Waals surface area contributed by atoms with Gasteiger partial charge in [0, 0.05) is 36.9 Å². The van der Waals surface area contributed by atoms with Crippen molar-refractivity contribution in [1.29, 1.82) is 0 Å². The van der Waals surface area contributed by atoms with E-state index < -0.39 is 11.7 Å². The van der Waals surface area contributed by atoms with Crippen molar-refractivity contribution in [3.05, 3.63) is 29.6 Å². The molecule has 2 aliphatic rings. The van der Waals surface area contributed by atoms with Crippen LogP contribution in [-0.4, -0.2) is 66.1 Å². The maximum Gasteiger partial charge on any atom is 0.419 e. The number of nitrogens with zero attached hydrogens (tertiary/aromatic N) is 3. The Bertz CT molecular complexity index is 880. The number of hydrogen-bond acceptors (Lipinski definition) is 4.